The second-order valence-electron chi connectivity index (χ2n) is 7.88. The van der Waals surface area contributed by atoms with Crippen LogP contribution in [0.15, 0.2) is 66.9 Å². The van der Waals surface area contributed by atoms with E-state index in [2.05, 4.69) is 15.2 Å². The van der Waals surface area contributed by atoms with Gasteiger partial charge in [-0.15, -0.1) is 0 Å². The first-order valence-corrected chi connectivity index (χ1v) is 11.1. The van der Waals surface area contributed by atoms with E-state index in [4.69, 9.17) is 4.98 Å². The number of hydrogen-bond donors (Lipinski definition) is 1. The molecule has 0 aliphatic rings. The number of carbonyl (C=O) groups is 2. The van der Waals surface area contributed by atoms with Crippen LogP contribution >= 0.6 is 0 Å². The van der Waals surface area contributed by atoms with Crippen LogP contribution in [-0.4, -0.2) is 40.3 Å². The molecule has 1 amide bonds. The van der Waals surface area contributed by atoms with E-state index >= 15 is 0 Å². The van der Waals surface area contributed by atoms with Gasteiger partial charge in [0.05, 0.1) is 36.5 Å². The summed E-state index contributed by atoms with van der Waals surface area (Å²) < 4.78 is 20.0. The number of methoxy groups -OCH3 is 1. The molecule has 2 aromatic heterocycles. The Bertz CT molecular complexity index is 1300. The van der Waals surface area contributed by atoms with Gasteiger partial charge in [-0.3, -0.25) is 9.59 Å². The first kappa shape index (κ1) is 23.1. The molecule has 1 N–H and O–H groups in total. The predicted octanol–water partition coefficient (Wildman–Crippen LogP) is 4.36. The Hall–Kier alpha value is -4.07. The molecule has 4 rings (SSSR count). The third-order valence-corrected chi connectivity index (χ3v) is 5.47. The maximum atomic E-state index is 13.7. The summed E-state index contributed by atoms with van der Waals surface area (Å²) in [6.45, 7) is 0.749. The minimum absolute atomic E-state index is 0.243. The number of carbonyl (C=O) groups excluding carboxylic acids is 2. The standard InChI is InChI=1S/C26H25FN4O3/c1-34-24(32)12-5-6-13-28-26(33)21-15-23(19-9-3-2-4-10-19)30-25-22(21)16-29-31(25)17-18-8-7-11-20(27)14-18/h2-4,7-11,14-16H,5-6,12-13,17H2,1H3,(H,28,33). The Kier molecular flexibility index (Phi) is 7.27. The third-order valence-electron chi connectivity index (χ3n) is 5.47. The molecule has 2 aromatic carbocycles. The van der Waals surface area contributed by atoms with Gasteiger partial charge >= 0.3 is 5.97 Å². The van der Waals surface area contributed by atoms with Gasteiger partial charge in [-0.1, -0.05) is 42.5 Å². The number of benzene rings is 2. The Balaban J connectivity index is 1.63. The van der Waals surface area contributed by atoms with Crippen LogP contribution < -0.4 is 5.32 Å². The molecule has 0 fully saturated rings. The average molecular weight is 461 g/mol. The van der Waals surface area contributed by atoms with Crippen molar-refractivity contribution >= 4 is 22.9 Å². The third kappa shape index (κ3) is 5.46. The highest BCUT2D eigenvalue weighted by Crippen LogP contribution is 2.25. The first-order valence-electron chi connectivity index (χ1n) is 11.1. The molecule has 0 aliphatic heterocycles. The molecular formula is C26H25FN4O3. The van der Waals surface area contributed by atoms with E-state index in [1.807, 2.05) is 36.4 Å². The van der Waals surface area contributed by atoms with Crippen molar-refractivity contribution in [3.05, 3.63) is 83.8 Å². The summed E-state index contributed by atoms with van der Waals surface area (Å²) in [4.78, 5) is 29.1. The van der Waals surface area contributed by atoms with E-state index in [9.17, 15) is 14.0 Å². The van der Waals surface area contributed by atoms with Gasteiger partial charge < -0.3 is 10.1 Å². The summed E-state index contributed by atoms with van der Waals surface area (Å²) in [7, 11) is 1.36. The number of unbranched alkanes of at least 4 members (excludes halogenated alkanes) is 1. The molecule has 0 bridgehead atoms. The van der Waals surface area contributed by atoms with Crippen molar-refractivity contribution in [3.63, 3.8) is 0 Å². The van der Waals surface area contributed by atoms with Gasteiger partial charge in [-0.25, -0.2) is 14.1 Å². The van der Waals surface area contributed by atoms with Crippen LogP contribution in [-0.2, 0) is 16.1 Å². The zero-order chi connectivity index (χ0) is 23.9. The molecule has 0 atom stereocenters. The van der Waals surface area contributed by atoms with E-state index in [1.165, 1.54) is 19.2 Å². The Morgan fingerprint density at radius 2 is 1.88 bits per heavy atom. The molecule has 0 saturated heterocycles. The number of hydrogen-bond acceptors (Lipinski definition) is 5. The van der Waals surface area contributed by atoms with Gasteiger partial charge in [-0.05, 0) is 36.6 Å². The normalized spacial score (nSPS) is 10.9. The monoisotopic (exact) mass is 460 g/mol. The number of rotatable bonds is 9. The summed E-state index contributed by atoms with van der Waals surface area (Å²) in [5.74, 6) is -0.826. The largest absolute Gasteiger partial charge is 0.469 e. The van der Waals surface area contributed by atoms with Crippen molar-refractivity contribution in [2.24, 2.45) is 0 Å². The van der Waals surface area contributed by atoms with Crippen LogP contribution in [0.3, 0.4) is 0 Å². The molecule has 0 radical (unpaired) electrons. The van der Waals surface area contributed by atoms with E-state index in [-0.39, 0.29) is 17.7 Å². The molecule has 8 heteroatoms. The summed E-state index contributed by atoms with van der Waals surface area (Å²) in [6, 6.07) is 17.7. The molecule has 34 heavy (non-hydrogen) atoms. The first-order chi connectivity index (χ1) is 16.5. The lowest BCUT2D eigenvalue weighted by molar-refractivity contribution is -0.140. The second kappa shape index (κ2) is 10.7. The zero-order valence-electron chi connectivity index (χ0n) is 18.8. The van der Waals surface area contributed by atoms with Crippen LogP contribution in [0.2, 0.25) is 0 Å². The maximum Gasteiger partial charge on any atom is 0.305 e. The summed E-state index contributed by atoms with van der Waals surface area (Å²) in [6.07, 6.45) is 3.21. The van der Waals surface area contributed by atoms with Crippen molar-refractivity contribution in [3.8, 4) is 11.3 Å². The minimum Gasteiger partial charge on any atom is -0.469 e. The fourth-order valence-electron chi connectivity index (χ4n) is 3.71. The summed E-state index contributed by atoms with van der Waals surface area (Å²) in [5.41, 5.74) is 3.26. The highest BCUT2D eigenvalue weighted by molar-refractivity contribution is 6.06. The zero-order valence-corrected chi connectivity index (χ0v) is 18.8. The quantitative estimate of drug-likeness (QED) is 0.296. The predicted molar refractivity (Wildman–Crippen MR) is 127 cm³/mol. The molecule has 0 aliphatic carbocycles. The van der Waals surface area contributed by atoms with E-state index in [0.29, 0.717) is 54.6 Å². The Morgan fingerprint density at radius 3 is 2.65 bits per heavy atom. The number of aromatic nitrogens is 3. The van der Waals surface area contributed by atoms with Crippen molar-refractivity contribution in [1.29, 1.82) is 0 Å². The number of halogens is 1. The van der Waals surface area contributed by atoms with Gasteiger partial charge in [0.15, 0.2) is 5.65 Å². The smallest absolute Gasteiger partial charge is 0.305 e. The van der Waals surface area contributed by atoms with Gasteiger partial charge in [0.25, 0.3) is 5.91 Å². The number of esters is 1. The average Bonchev–Trinajstić information content (AvgIpc) is 3.26. The van der Waals surface area contributed by atoms with Crippen LogP contribution in [0.25, 0.3) is 22.3 Å². The second-order valence-corrected chi connectivity index (χ2v) is 7.88. The molecule has 0 spiro atoms. The maximum absolute atomic E-state index is 13.7. The van der Waals surface area contributed by atoms with Crippen molar-refractivity contribution in [1.82, 2.24) is 20.1 Å². The van der Waals surface area contributed by atoms with Crippen LogP contribution in [0.1, 0.15) is 35.2 Å². The molecule has 2 heterocycles. The van der Waals surface area contributed by atoms with Crippen molar-refractivity contribution in [2.45, 2.75) is 25.8 Å². The van der Waals surface area contributed by atoms with E-state index in [0.717, 1.165) is 11.1 Å². The fraction of sp³-hybridized carbons (Fsp3) is 0.231. The number of pyridine rings is 1. The molecule has 7 nitrogen and oxygen atoms in total. The number of nitrogens with one attached hydrogen (secondary N) is 1. The highest BCUT2D eigenvalue weighted by Gasteiger charge is 2.18. The van der Waals surface area contributed by atoms with Crippen molar-refractivity contribution in [2.75, 3.05) is 13.7 Å². The van der Waals surface area contributed by atoms with Crippen LogP contribution in [0.4, 0.5) is 4.39 Å². The lowest BCUT2D eigenvalue weighted by Crippen LogP contribution is -2.25. The van der Waals surface area contributed by atoms with Gasteiger partial charge in [0.1, 0.15) is 5.82 Å². The molecular weight excluding hydrogens is 435 g/mol. The number of ether oxygens (including phenoxy) is 1. The van der Waals surface area contributed by atoms with E-state index in [1.54, 1.807) is 23.0 Å². The fourth-order valence-corrected chi connectivity index (χ4v) is 3.71. The van der Waals surface area contributed by atoms with Crippen LogP contribution in [0, 0.1) is 5.82 Å². The molecule has 4 aromatic rings. The van der Waals surface area contributed by atoms with Crippen LogP contribution in [0.5, 0.6) is 0 Å². The Morgan fingerprint density at radius 1 is 1.06 bits per heavy atom. The number of amides is 1. The summed E-state index contributed by atoms with van der Waals surface area (Å²) >= 11 is 0. The van der Waals surface area contributed by atoms with E-state index < -0.39 is 0 Å². The minimum atomic E-state index is -0.320. The van der Waals surface area contributed by atoms with Gasteiger partial charge in [-0.2, -0.15) is 5.10 Å². The van der Waals surface area contributed by atoms with Crippen molar-refractivity contribution < 1.29 is 18.7 Å². The highest BCUT2D eigenvalue weighted by atomic mass is 19.1. The number of fused-ring (bicyclic) bond motifs is 1. The molecule has 174 valence electrons. The molecule has 0 unspecified atom stereocenters. The summed E-state index contributed by atoms with van der Waals surface area (Å²) in [5, 5.41) is 7.97. The van der Waals surface area contributed by atoms with Gasteiger partial charge in [0.2, 0.25) is 0 Å². The SMILES string of the molecule is COC(=O)CCCCNC(=O)c1cc(-c2ccccc2)nc2c1cnn2Cc1cccc(F)c1. The molecule has 0 saturated carbocycles. The number of nitrogens with zero attached hydrogens (tertiary/aromatic N) is 3. The van der Waals surface area contributed by atoms with Gasteiger partial charge in [0, 0.05) is 18.5 Å². The lowest BCUT2D eigenvalue weighted by Gasteiger charge is -2.10. The lowest BCUT2D eigenvalue weighted by atomic mass is 10.1. The Labute approximate surface area is 196 Å². The topological polar surface area (TPSA) is 86.1 Å².